The zero-order valence-corrected chi connectivity index (χ0v) is 28.7. The SMILES string of the molecule is CCn1nc(Cc2ccc(C(F)(F)F)cc2)cc1C1CCN(C[C@H]2C[C@H](C(C)CC[C@@H](C(=O)O)C(C)C)C[C@@H]2c2cccc(F)c2)CC1. The van der Waals surface area contributed by atoms with E-state index in [4.69, 9.17) is 5.10 Å². The van der Waals surface area contributed by atoms with Gasteiger partial charge in [0.25, 0.3) is 0 Å². The topological polar surface area (TPSA) is 58.4 Å². The average Bonchev–Trinajstić information content (AvgIpc) is 3.65. The van der Waals surface area contributed by atoms with Gasteiger partial charge in [0.15, 0.2) is 0 Å². The maximum absolute atomic E-state index is 14.4. The number of carboxylic acids is 1. The van der Waals surface area contributed by atoms with Gasteiger partial charge < -0.3 is 10.0 Å². The summed E-state index contributed by atoms with van der Waals surface area (Å²) in [4.78, 5) is 14.4. The van der Waals surface area contributed by atoms with E-state index in [1.165, 1.54) is 23.9 Å². The highest BCUT2D eigenvalue weighted by molar-refractivity contribution is 5.70. The zero-order valence-electron chi connectivity index (χ0n) is 28.7. The number of piperidine rings is 1. The van der Waals surface area contributed by atoms with Crippen LogP contribution in [0.2, 0.25) is 0 Å². The van der Waals surface area contributed by atoms with Crippen LogP contribution in [0.25, 0.3) is 0 Å². The molecule has 0 radical (unpaired) electrons. The fourth-order valence-electron chi connectivity index (χ4n) is 8.32. The van der Waals surface area contributed by atoms with Gasteiger partial charge in [-0.2, -0.15) is 18.3 Å². The number of aliphatic carboxylic acids is 1. The van der Waals surface area contributed by atoms with Crippen LogP contribution in [0.1, 0.15) is 106 Å². The molecule has 1 aliphatic heterocycles. The smallest absolute Gasteiger partial charge is 0.416 e. The van der Waals surface area contributed by atoms with Gasteiger partial charge in [-0.25, -0.2) is 4.39 Å². The zero-order chi connectivity index (χ0) is 34.6. The van der Waals surface area contributed by atoms with Crippen LogP contribution >= 0.6 is 0 Å². The van der Waals surface area contributed by atoms with Crippen LogP contribution in [-0.2, 0) is 23.9 Å². The normalized spacial score (nSPS) is 22.3. The number of halogens is 4. The first kappa shape index (κ1) is 36.1. The maximum Gasteiger partial charge on any atom is 0.416 e. The highest BCUT2D eigenvalue weighted by atomic mass is 19.4. The van der Waals surface area contributed by atoms with E-state index in [0.29, 0.717) is 36.5 Å². The molecule has 5 rings (SSSR count). The van der Waals surface area contributed by atoms with Crippen LogP contribution in [0.15, 0.2) is 54.6 Å². The molecule has 3 aromatic rings. The first-order valence-corrected chi connectivity index (χ1v) is 17.8. The molecule has 5 atom stereocenters. The Hall–Kier alpha value is -3.20. The van der Waals surface area contributed by atoms with Crippen molar-refractivity contribution in [3.05, 3.63) is 88.5 Å². The predicted molar refractivity (Wildman–Crippen MR) is 180 cm³/mol. The highest BCUT2D eigenvalue weighted by Crippen LogP contribution is 2.48. The quantitative estimate of drug-likeness (QED) is 0.184. The number of hydrogen-bond donors (Lipinski definition) is 1. The standard InChI is InChI=1S/C39H51F4N3O2/c1-5-46-37(23-34(44-46)19-27-10-12-32(13-11-27)39(41,42)43)28-15-17-45(18-16-28)24-31-20-30(22-36(31)29-7-6-8-33(40)21-29)26(4)9-14-35(25(2)3)38(47)48/h6-8,10-13,21,23,25-26,28,30-31,35-36H,5,9,14-20,22,24H2,1-4H3,(H,47,48)/t26?,30-,31+,35+,36+/m0/s1. The number of rotatable bonds is 13. The molecular formula is C39H51F4N3O2. The summed E-state index contributed by atoms with van der Waals surface area (Å²) in [6.45, 7) is 11.9. The van der Waals surface area contributed by atoms with Crippen LogP contribution in [0.5, 0.6) is 0 Å². The number of alkyl halides is 3. The second-order valence-corrected chi connectivity index (χ2v) is 14.7. The summed E-state index contributed by atoms with van der Waals surface area (Å²) in [5, 5.41) is 14.5. The molecule has 2 aliphatic rings. The van der Waals surface area contributed by atoms with E-state index in [1.54, 1.807) is 6.07 Å². The third-order valence-corrected chi connectivity index (χ3v) is 11.2. The predicted octanol–water partition coefficient (Wildman–Crippen LogP) is 9.41. The summed E-state index contributed by atoms with van der Waals surface area (Å²) in [5.41, 5.74) is 3.32. The van der Waals surface area contributed by atoms with Crippen molar-refractivity contribution in [3.63, 3.8) is 0 Å². The van der Waals surface area contributed by atoms with Crippen molar-refractivity contribution in [3.8, 4) is 0 Å². The molecule has 5 nitrogen and oxygen atoms in total. The van der Waals surface area contributed by atoms with E-state index >= 15 is 0 Å². The van der Waals surface area contributed by atoms with Crippen molar-refractivity contribution >= 4 is 5.97 Å². The molecule has 1 unspecified atom stereocenters. The van der Waals surface area contributed by atoms with Crippen LogP contribution in [0, 0.1) is 35.4 Å². The Kier molecular flexibility index (Phi) is 11.7. The number of likely N-dealkylation sites (tertiary alicyclic amines) is 1. The molecule has 0 spiro atoms. The number of aryl methyl sites for hydroxylation is 1. The Bertz CT molecular complexity index is 1490. The monoisotopic (exact) mass is 669 g/mol. The molecule has 1 aliphatic carbocycles. The van der Waals surface area contributed by atoms with E-state index in [1.807, 2.05) is 19.9 Å². The van der Waals surface area contributed by atoms with Crippen molar-refractivity contribution in [1.29, 1.82) is 0 Å². The minimum absolute atomic E-state index is 0.107. The van der Waals surface area contributed by atoms with E-state index in [2.05, 4.69) is 35.6 Å². The summed E-state index contributed by atoms with van der Waals surface area (Å²) in [6.07, 6.45) is 1.81. The van der Waals surface area contributed by atoms with Gasteiger partial charge in [-0.05, 0) is 130 Å². The van der Waals surface area contributed by atoms with Gasteiger partial charge in [-0.3, -0.25) is 9.48 Å². The van der Waals surface area contributed by atoms with E-state index < -0.39 is 17.7 Å². The van der Waals surface area contributed by atoms with Crippen LogP contribution in [-0.4, -0.2) is 45.4 Å². The second kappa shape index (κ2) is 15.6. The Morgan fingerprint density at radius 1 is 1.00 bits per heavy atom. The number of carbonyl (C=O) groups is 1. The van der Waals surface area contributed by atoms with Crippen molar-refractivity contribution in [1.82, 2.24) is 14.7 Å². The van der Waals surface area contributed by atoms with Crippen molar-refractivity contribution in [2.24, 2.45) is 29.6 Å². The summed E-state index contributed by atoms with van der Waals surface area (Å²) >= 11 is 0. The molecule has 0 amide bonds. The van der Waals surface area contributed by atoms with Crippen molar-refractivity contribution in [2.75, 3.05) is 19.6 Å². The van der Waals surface area contributed by atoms with Gasteiger partial charge >= 0.3 is 12.1 Å². The van der Waals surface area contributed by atoms with E-state index in [0.717, 1.165) is 87.2 Å². The van der Waals surface area contributed by atoms with Gasteiger partial charge in [0.05, 0.1) is 17.2 Å². The number of benzene rings is 2. The van der Waals surface area contributed by atoms with E-state index in [9.17, 15) is 27.5 Å². The van der Waals surface area contributed by atoms with Gasteiger partial charge in [-0.1, -0.05) is 45.0 Å². The van der Waals surface area contributed by atoms with Gasteiger partial charge in [0, 0.05) is 31.1 Å². The lowest BCUT2D eigenvalue weighted by Crippen LogP contribution is -2.37. The fraction of sp³-hybridized carbons (Fsp3) is 0.590. The van der Waals surface area contributed by atoms with Crippen LogP contribution in [0.4, 0.5) is 17.6 Å². The first-order valence-electron chi connectivity index (χ1n) is 17.8. The van der Waals surface area contributed by atoms with E-state index in [-0.39, 0.29) is 23.6 Å². The van der Waals surface area contributed by atoms with Crippen molar-refractivity contribution < 1.29 is 27.5 Å². The highest BCUT2D eigenvalue weighted by Gasteiger charge is 2.39. The fourth-order valence-corrected chi connectivity index (χ4v) is 8.32. The Morgan fingerprint density at radius 3 is 2.31 bits per heavy atom. The summed E-state index contributed by atoms with van der Waals surface area (Å²) in [7, 11) is 0. The van der Waals surface area contributed by atoms with Crippen LogP contribution < -0.4 is 0 Å². The number of hydrogen-bond acceptors (Lipinski definition) is 3. The summed E-state index contributed by atoms with van der Waals surface area (Å²) in [6, 6.07) is 14.6. The Morgan fingerprint density at radius 2 is 1.71 bits per heavy atom. The van der Waals surface area contributed by atoms with Crippen LogP contribution in [0.3, 0.4) is 0 Å². The largest absolute Gasteiger partial charge is 0.481 e. The van der Waals surface area contributed by atoms with Gasteiger partial charge in [0.2, 0.25) is 0 Å². The second-order valence-electron chi connectivity index (χ2n) is 14.7. The summed E-state index contributed by atoms with van der Waals surface area (Å²) < 4.78 is 55.4. The molecule has 48 heavy (non-hydrogen) atoms. The molecule has 262 valence electrons. The number of aromatic nitrogens is 2. The maximum atomic E-state index is 14.4. The Labute approximate surface area is 282 Å². The summed E-state index contributed by atoms with van der Waals surface area (Å²) in [5.74, 6) is 0.815. The number of carboxylic acid groups (broad SMARTS) is 1. The molecule has 1 aromatic heterocycles. The molecule has 1 saturated heterocycles. The molecule has 2 aromatic carbocycles. The third-order valence-electron chi connectivity index (χ3n) is 11.2. The minimum atomic E-state index is -4.34. The molecule has 9 heteroatoms. The first-order chi connectivity index (χ1) is 22.8. The lowest BCUT2D eigenvalue weighted by atomic mass is 9.82. The molecule has 2 fully saturated rings. The molecule has 1 N–H and O–H groups in total. The third kappa shape index (κ3) is 8.87. The van der Waals surface area contributed by atoms with Gasteiger partial charge in [-0.15, -0.1) is 0 Å². The lowest BCUT2D eigenvalue weighted by molar-refractivity contribution is -0.143. The average molecular weight is 670 g/mol. The lowest BCUT2D eigenvalue weighted by Gasteiger charge is -2.35. The minimum Gasteiger partial charge on any atom is -0.481 e. The molecule has 2 heterocycles. The van der Waals surface area contributed by atoms with Gasteiger partial charge in [0.1, 0.15) is 5.82 Å². The Balaban J connectivity index is 1.21. The van der Waals surface area contributed by atoms with Crippen molar-refractivity contribution in [2.45, 2.75) is 97.2 Å². The molecule has 0 bridgehead atoms. The molecular weight excluding hydrogens is 618 g/mol. The number of nitrogens with zero attached hydrogens (tertiary/aromatic N) is 3. The molecule has 1 saturated carbocycles.